The molecule has 1 N–H and O–H groups in total. The van der Waals surface area contributed by atoms with Gasteiger partial charge < -0.3 is 19.8 Å². The van der Waals surface area contributed by atoms with E-state index >= 15 is 0 Å². The lowest BCUT2D eigenvalue weighted by Gasteiger charge is -2.38. The number of hydrogen-bond donors (Lipinski definition) is 1. The summed E-state index contributed by atoms with van der Waals surface area (Å²) in [5.41, 5.74) is 0. The molecule has 2 unspecified atom stereocenters. The number of likely N-dealkylation sites (N-methyl/N-ethyl adjacent to an activating group) is 1. The highest BCUT2D eigenvalue weighted by molar-refractivity contribution is 7.99. The van der Waals surface area contributed by atoms with Crippen molar-refractivity contribution in [1.29, 1.82) is 0 Å². The van der Waals surface area contributed by atoms with Crippen LogP contribution >= 0.6 is 11.8 Å². The quantitative estimate of drug-likeness (QED) is 0.770. The van der Waals surface area contributed by atoms with Crippen LogP contribution in [0.3, 0.4) is 0 Å². The van der Waals surface area contributed by atoms with Gasteiger partial charge in [0.15, 0.2) is 0 Å². The summed E-state index contributed by atoms with van der Waals surface area (Å²) < 4.78 is 0. The molecule has 114 valence electrons. The lowest BCUT2D eigenvalue weighted by molar-refractivity contribution is -0.141. The third-order valence-electron chi connectivity index (χ3n) is 3.95. The number of carboxylic acid groups (broad SMARTS) is 1. The molecule has 0 aliphatic carbocycles. The number of thioether (sulfide) groups is 1. The van der Waals surface area contributed by atoms with Crippen molar-refractivity contribution >= 4 is 23.8 Å². The molecule has 2 aliphatic heterocycles. The average molecular weight is 301 g/mol. The Balaban J connectivity index is 2.09. The molecule has 6 nitrogen and oxygen atoms in total. The molecule has 2 fully saturated rings. The third kappa shape index (κ3) is 3.38. The van der Waals surface area contributed by atoms with E-state index in [1.165, 1.54) is 0 Å². The van der Waals surface area contributed by atoms with Gasteiger partial charge in [-0.2, -0.15) is 11.8 Å². The maximum absolute atomic E-state index is 12.7. The van der Waals surface area contributed by atoms with Crippen molar-refractivity contribution in [2.75, 3.05) is 44.7 Å². The van der Waals surface area contributed by atoms with Crippen LogP contribution in [0.15, 0.2) is 0 Å². The summed E-state index contributed by atoms with van der Waals surface area (Å²) in [6, 6.07) is -0.672. The van der Waals surface area contributed by atoms with Crippen molar-refractivity contribution in [3.8, 4) is 0 Å². The molecule has 0 radical (unpaired) electrons. The van der Waals surface area contributed by atoms with E-state index in [1.54, 1.807) is 16.7 Å². The number of urea groups is 1. The van der Waals surface area contributed by atoms with Gasteiger partial charge in [0, 0.05) is 37.2 Å². The molecule has 0 spiro atoms. The molecule has 2 heterocycles. The average Bonchev–Trinajstić information content (AvgIpc) is 2.58. The molecule has 2 amide bonds. The fraction of sp³-hybridized carbons (Fsp3) is 0.846. The zero-order chi connectivity index (χ0) is 14.7. The van der Waals surface area contributed by atoms with Crippen LogP contribution in [0, 0.1) is 0 Å². The third-order valence-corrected chi connectivity index (χ3v) is 4.97. The maximum atomic E-state index is 12.7. The Kier molecular flexibility index (Phi) is 5.15. The SMILES string of the molecule is CC1CN(C)CCCN1C(=O)N1CCSCC1C(=O)O. The van der Waals surface area contributed by atoms with Gasteiger partial charge in [-0.05, 0) is 26.9 Å². The molecule has 0 saturated carbocycles. The minimum Gasteiger partial charge on any atom is -0.480 e. The molecule has 0 aromatic heterocycles. The fourth-order valence-corrected chi connectivity index (χ4v) is 3.90. The van der Waals surface area contributed by atoms with E-state index in [0.29, 0.717) is 18.8 Å². The van der Waals surface area contributed by atoms with Crippen molar-refractivity contribution in [1.82, 2.24) is 14.7 Å². The van der Waals surface area contributed by atoms with Gasteiger partial charge in [0.05, 0.1) is 0 Å². The number of amides is 2. The second-order valence-corrected chi connectivity index (χ2v) is 6.71. The minimum atomic E-state index is -0.898. The summed E-state index contributed by atoms with van der Waals surface area (Å²) in [5, 5.41) is 9.29. The van der Waals surface area contributed by atoms with Gasteiger partial charge in [-0.25, -0.2) is 9.59 Å². The Bertz CT molecular complexity index is 380. The smallest absolute Gasteiger partial charge is 0.327 e. The molecular formula is C13H23N3O3S. The van der Waals surface area contributed by atoms with Crippen LogP contribution < -0.4 is 0 Å². The number of carbonyl (C=O) groups is 2. The van der Waals surface area contributed by atoms with Crippen LogP contribution in [0.25, 0.3) is 0 Å². The van der Waals surface area contributed by atoms with E-state index in [9.17, 15) is 14.7 Å². The number of nitrogens with zero attached hydrogens (tertiary/aromatic N) is 3. The highest BCUT2D eigenvalue weighted by Gasteiger charge is 2.36. The number of rotatable bonds is 1. The van der Waals surface area contributed by atoms with Crippen LogP contribution in [0.2, 0.25) is 0 Å². The fourth-order valence-electron chi connectivity index (χ4n) is 2.86. The molecular weight excluding hydrogens is 278 g/mol. The normalized spacial score (nSPS) is 29.1. The van der Waals surface area contributed by atoms with Crippen molar-refractivity contribution in [3.05, 3.63) is 0 Å². The molecule has 0 aromatic carbocycles. The first kappa shape index (κ1) is 15.4. The van der Waals surface area contributed by atoms with Crippen molar-refractivity contribution in [2.24, 2.45) is 0 Å². The lowest BCUT2D eigenvalue weighted by atomic mass is 10.2. The summed E-state index contributed by atoms with van der Waals surface area (Å²) in [4.78, 5) is 29.6. The molecule has 20 heavy (non-hydrogen) atoms. The Morgan fingerprint density at radius 1 is 1.20 bits per heavy atom. The summed E-state index contributed by atoms with van der Waals surface area (Å²) in [7, 11) is 2.06. The molecule has 0 aromatic rings. The zero-order valence-electron chi connectivity index (χ0n) is 12.1. The first-order valence-corrected chi connectivity index (χ1v) is 8.22. The van der Waals surface area contributed by atoms with Crippen LogP contribution in [-0.2, 0) is 4.79 Å². The second-order valence-electron chi connectivity index (χ2n) is 5.56. The maximum Gasteiger partial charge on any atom is 0.327 e. The summed E-state index contributed by atoms with van der Waals surface area (Å²) in [6.45, 7) is 5.09. The van der Waals surface area contributed by atoms with Crippen LogP contribution in [0.4, 0.5) is 4.79 Å². The predicted octanol–water partition coefficient (Wildman–Crippen LogP) is 0.634. The van der Waals surface area contributed by atoms with E-state index < -0.39 is 12.0 Å². The second kappa shape index (κ2) is 6.67. The van der Waals surface area contributed by atoms with Gasteiger partial charge in [-0.3, -0.25) is 0 Å². The summed E-state index contributed by atoms with van der Waals surface area (Å²) >= 11 is 1.60. The standard InChI is InChI=1S/C13H23N3O3S/c1-10-8-14(2)4-3-5-15(10)13(19)16-6-7-20-9-11(16)12(17)18/h10-11H,3-9H2,1-2H3,(H,17,18). The van der Waals surface area contributed by atoms with Gasteiger partial charge in [-0.15, -0.1) is 0 Å². The van der Waals surface area contributed by atoms with Crippen LogP contribution in [-0.4, -0.2) is 88.6 Å². The summed E-state index contributed by atoms with van der Waals surface area (Å²) in [5.74, 6) is 0.408. The lowest BCUT2D eigenvalue weighted by Crippen LogP contribution is -2.57. The van der Waals surface area contributed by atoms with E-state index in [2.05, 4.69) is 11.9 Å². The van der Waals surface area contributed by atoms with Gasteiger partial charge in [0.1, 0.15) is 6.04 Å². The molecule has 2 atom stereocenters. The number of aliphatic carboxylic acids is 1. The van der Waals surface area contributed by atoms with Gasteiger partial charge in [-0.1, -0.05) is 0 Å². The van der Waals surface area contributed by atoms with Gasteiger partial charge in [0.2, 0.25) is 0 Å². The Morgan fingerprint density at radius 2 is 1.95 bits per heavy atom. The Morgan fingerprint density at radius 3 is 2.65 bits per heavy atom. The number of carboxylic acids is 1. The van der Waals surface area contributed by atoms with Crippen molar-refractivity contribution in [3.63, 3.8) is 0 Å². The van der Waals surface area contributed by atoms with Crippen LogP contribution in [0.1, 0.15) is 13.3 Å². The van der Waals surface area contributed by atoms with Crippen molar-refractivity contribution < 1.29 is 14.7 Å². The molecule has 7 heteroatoms. The topological polar surface area (TPSA) is 64.1 Å². The monoisotopic (exact) mass is 301 g/mol. The van der Waals surface area contributed by atoms with E-state index in [4.69, 9.17) is 0 Å². The first-order valence-electron chi connectivity index (χ1n) is 7.07. The molecule has 2 saturated heterocycles. The van der Waals surface area contributed by atoms with E-state index in [-0.39, 0.29) is 12.1 Å². The zero-order valence-corrected chi connectivity index (χ0v) is 12.9. The van der Waals surface area contributed by atoms with Gasteiger partial charge in [0.25, 0.3) is 0 Å². The van der Waals surface area contributed by atoms with E-state index in [1.807, 2.05) is 11.8 Å². The number of carbonyl (C=O) groups excluding carboxylic acids is 1. The molecule has 0 bridgehead atoms. The highest BCUT2D eigenvalue weighted by Crippen LogP contribution is 2.20. The minimum absolute atomic E-state index is 0.111. The largest absolute Gasteiger partial charge is 0.480 e. The molecule has 2 rings (SSSR count). The predicted molar refractivity (Wildman–Crippen MR) is 79.1 cm³/mol. The molecule has 2 aliphatic rings. The number of hydrogen-bond acceptors (Lipinski definition) is 4. The highest BCUT2D eigenvalue weighted by atomic mass is 32.2. The first-order chi connectivity index (χ1) is 9.50. The van der Waals surface area contributed by atoms with E-state index in [0.717, 1.165) is 25.3 Å². The Hall–Kier alpha value is -0.950. The summed E-state index contributed by atoms with van der Waals surface area (Å²) in [6.07, 6.45) is 0.937. The van der Waals surface area contributed by atoms with Crippen molar-refractivity contribution in [2.45, 2.75) is 25.4 Å². The van der Waals surface area contributed by atoms with Gasteiger partial charge >= 0.3 is 12.0 Å². The Labute approximate surface area is 124 Å². The van der Waals surface area contributed by atoms with Crippen LogP contribution in [0.5, 0.6) is 0 Å².